The summed E-state index contributed by atoms with van der Waals surface area (Å²) in [4.78, 5) is 28.4. The van der Waals surface area contributed by atoms with Crippen LogP contribution in [0.2, 0.25) is 5.02 Å². The van der Waals surface area contributed by atoms with Crippen LogP contribution in [-0.2, 0) is 21.9 Å². The van der Waals surface area contributed by atoms with E-state index in [9.17, 15) is 14.0 Å². The second kappa shape index (κ2) is 13.7. The van der Waals surface area contributed by atoms with E-state index in [1.54, 1.807) is 24.1 Å². The summed E-state index contributed by atoms with van der Waals surface area (Å²) in [6.07, 6.45) is 5.88. The molecule has 0 bridgehead atoms. The van der Waals surface area contributed by atoms with Crippen LogP contribution < -0.4 is 10.1 Å². The Labute approximate surface area is 216 Å². The molecule has 1 saturated carbocycles. The van der Waals surface area contributed by atoms with Gasteiger partial charge >= 0.3 is 0 Å². The number of thioether (sulfide) groups is 1. The van der Waals surface area contributed by atoms with Gasteiger partial charge in [0.2, 0.25) is 11.8 Å². The van der Waals surface area contributed by atoms with Crippen LogP contribution >= 0.6 is 23.4 Å². The van der Waals surface area contributed by atoms with Crippen LogP contribution in [-0.4, -0.2) is 41.7 Å². The van der Waals surface area contributed by atoms with E-state index >= 15 is 0 Å². The van der Waals surface area contributed by atoms with Gasteiger partial charge in [0.15, 0.2) is 0 Å². The minimum Gasteiger partial charge on any atom is -0.497 e. The first kappa shape index (κ1) is 27.3. The average molecular weight is 521 g/mol. The van der Waals surface area contributed by atoms with Gasteiger partial charge in [-0.3, -0.25) is 9.59 Å². The van der Waals surface area contributed by atoms with Gasteiger partial charge in [-0.15, -0.1) is 11.8 Å². The summed E-state index contributed by atoms with van der Waals surface area (Å²) in [5.74, 6) is 0.410. The van der Waals surface area contributed by atoms with Crippen molar-refractivity contribution in [3.8, 4) is 5.75 Å². The highest BCUT2D eigenvalue weighted by Gasteiger charge is 2.30. The lowest BCUT2D eigenvalue weighted by Gasteiger charge is -2.33. The summed E-state index contributed by atoms with van der Waals surface area (Å²) in [5, 5.41) is 3.52. The molecule has 2 aromatic carbocycles. The molecule has 8 heteroatoms. The van der Waals surface area contributed by atoms with Gasteiger partial charge in [0.1, 0.15) is 17.6 Å². The van der Waals surface area contributed by atoms with Gasteiger partial charge in [0, 0.05) is 28.9 Å². The molecule has 0 saturated heterocycles. The fourth-order valence-corrected chi connectivity index (χ4v) is 5.67. The number of nitrogens with zero attached hydrogens (tertiary/aromatic N) is 1. The van der Waals surface area contributed by atoms with Crippen LogP contribution in [0.15, 0.2) is 42.5 Å². The van der Waals surface area contributed by atoms with E-state index in [0.717, 1.165) is 31.2 Å². The average Bonchev–Trinajstić information content (AvgIpc) is 2.86. The third-order valence-corrected chi connectivity index (χ3v) is 7.66. The monoisotopic (exact) mass is 520 g/mol. The second-order valence-corrected chi connectivity index (χ2v) is 10.2. The van der Waals surface area contributed by atoms with Crippen molar-refractivity contribution in [1.82, 2.24) is 10.2 Å². The van der Waals surface area contributed by atoms with Crippen LogP contribution in [0.4, 0.5) is 4.39 Å². The summed E-state index contributed by atoms with van der Waals surface area (Å²) in [7, 11) is 1.60. The number of hydrogen-bond acceptors (Lipinski definition) is 4. The Balaban J connectivity index is 1.74. The van der Waals surface area contributed by atoms with E-state index in [1.165, 1.54) is 24.2 Å². The number of methoxy groups -OCH3 is 1. The van der Waals surface area contributed by atoms with Crippen LogP contribution in [0.3, 0.4) is 0 Å². The molecule has 1 fully saturated rings. The molecule has 0 radical (unpaired) electrons. The van der Waals surface area contributed by atoms with Gasteiger partial charge in [-0.1, -0.05) is 56.0 Å². The molecule has 2 amide bonds. The van der Waals surface area contributed by atoms with Crippen molar-refractivity contribution in [1.29, 1.82) is 0 Å². The quantitative estimate of drug-likeness (QED) is 0.396. The minimum atomic E-state index is -0.590. The molecule has 0 unspecified atom stereocenters. The molecule has 3 rings (SSSR count). The Hall–Kier alpha value is -2.25. The van der Waals surface area contributed by atoms with Crippen LogP contribution in [0.1, 0.15) is 56.6 Å². The van der Waals surface area contributed by atoms with Gasteiger partial charge in [0.05, 0.1) is 12.9 Å². The first-order valence-electron chi connectivity index (χ1n) is 12.2. The molecule has 1 aliphatic carbocycles. The molecule has 190 valence electrons. The topological polar surface area (TPSA) is 58.6 Å². The lowest BCUT2D eigenvalue weighted by atomic mass is 9.95. The molecule has 1 N–H and O–H groups in total. The fourth-order valence-electron chi connectivity index (χ4n) is 4.42. The maximum absolute atomic E-state index is 14.1. The molecule has 0 spiro atoms. The number of hydrogen-bond donors (Lipinski definition) is 1. The molecule has 1 aliphatic rings. The molecule has 5 nitrogen and oxygen atoms in total. The van der Waals surface area contributed by atoms with Gasteiger partial charge in [-0.05, 0) is 49.1 Å². The maximum Gasteiger partial charge on any atom is 0.243 e. The normalized spacial score (nSPS) is 14.9. The largest absolute Gasteiger partial charge is 0.497 e. The number of nitrogens with one attached hydrogen (secondary N) is 1. The number of amides is 2. The highest BCUT2D eigenvalue weighted by Crippen LogP contribution is 2.25. The van der Waals surface area contributed by atoms with Crippen molar-refractivity contribution >= 4 is 35.2 Å². The van der Waals surface area contributed by atoms with Gasteiger partial charge in [0.25, 0.3) is 0 Å². The van der Waals surface area contributed by atoms with Crippen molar-refractivity contribution in [2.24, 2.45) is 0 Å². The molecule has 2 aromatic rings. The molecule has 0 aliphatic heterocycles. The highest BCUT2D eigenvalue weighted by molar-refractivity contribution is 7.99. The van der Waals surface area contributed by atoms with Crippen molar-refractivity contribution in [3.63, 3.8) is 0 Å². The third kappa shape index (κ3) is 7.87. The zero-order chi connectivity index (χ0) is 25.2. The zero-order valence-electron chi connectivity index (χ0n) is 20.4. The number of rotatable bonds is 11. The summed E-state index contributed by atoms with van der Waals surface area (Å²) < 4.78 is 19.5. The smallest absolute Gasteiger partial charge is 0.243 e. The van der Waals surface area contributed by atoms with Crippen molar-refractivity contribution in [3.05, 3.63) is 64.4 Å². The van der Waals surface area contributed by atoms with E-state index in [-0.39, 0.29) is 41.7 Å². The van der Waals surface area contributed by atoms with E-state index in [0.29, 0.717) is 22.8 Å². The van der Waals surface area contributed by atoms with Gasteiger partial charge < -0.3 is 15.0 Å². The Morgan fingerprint density at radius 3 is 2.63 bits per heavy atom. The summed E-state index contributed by atoms with van der Waals surface area (Å²) in [6.45, 7) is 2.21. The molecule has 35 heavy (non-hydrogen) atoms. The maximum atomic E-state index is 14.1. The van der Waals surface area contributed by atoms with Crippen molar-refractivity contribution < 1.29 is 18.7 Å². The second-order valence-electron chi connectivity index (χ2n) is 8.83. The molecule has 1 atom stereocenters. The number of halogens is 2. The standard InChI is InChI=1S/C27H34ClFN2O3S/c1-3-25(27(33)30-20-10-5-4-6-11-20)31(16-19-9-7-12-21(15-19)34-2)26(32)18-35-17-22-23(28)13-8-14-24(22)29/h7-9,12-15,20,25H,3-6,10-11,16-18H2,1-2H3,(H,30,33)/t25-/m0/s1. The number of ether oxygens (including phenoxy) is 1. The molecular formula is C27H34ClFN2O3S. The van der Waals surface area contributed by atoms with Gasteiger partial charge in [-0.2, -0.15) is 0 Å². The molecule has 0 heterocycles. The predicted molar refractivity (Wildman–Crippen MR) is 140 cm³/mol. The first-order valence-corrected chi connectivity index (χ1v) is 13.7. The van der Waals surface area contributed by atoms with Crippen molar-refractivity contribution in [2.75, 3.05) is 12.9 Å². The first-order chi connectivity index (χ1) is 16.9. The van der Waals surface area contributed by atoms with E-state index in [2.05, 4.69) is 5.32 Å². The highest BCUT2D eigenvalue weighted by atomic mass is 35.5. The van der Waals surface area contributed by atoms with Crippen LogP contribution in [0.25, 0.3) is 0 Å². The summed E-state index contributed by atoms with van der Waals surface area (Å²) in [5.41, 5.74) is 1.26. The Kier molecular flexibility index (Phi) is 10.7. The van der Waals surface area contributed by atoms with Crippen molar-refractivity contribution in [2.45, 2.75) is 69.8 Å². The lowest BCUT2D eigenvalue weighted by Crippen LogP contribution is -2.52. The Bertz CT molecular complexity index is 980. The van der Waals surface area contributed by atoms with E-state index < -0.39 is 6.04 Å². The third-order valence-electron chi connectivity index (χ3n) is 6.36. The van der Waals surface area contributed by atoms with Crippen LogP contribution in [0, 0.1) is 5.82 Å². The fraction of sp³-hybridized carbons (Fsp3) is 0.481. The molecule has 0 aromatic heterocycles. The number of carbonyl (C=O) groups excluding carboxylic acids is 2. The number of benzene rings is 2. The Morgan fingerprint density at radius 2 is 1.94 bits per heavy atom. The predicted octanol–water partition coefficient (Wildman–Crippen LogP) is 5.98. The summed E-state index contributed by atoms with van der Waals surface area (Å²) in [6, 6.07) is 11.6. The SMILES string of the molecule is CC[C@@H](C(=O)NC1CCCCC1)N(Cc1cccc(OC)c1)C(=O)CSCc1c(F)cccc1Cl. The zero-order valence-corrected chi connectivity index (χ0v) is 22.0. The van der Waals surface area contributed by atoms with Crippen LogP contribution in [0.5, 0.6) is 5.75 Å². The van der Waals surface area contributed by atoms with E-state index in [1.807, 2.05) is 31.2 Å². The minimum absolute atomic E-state index is 0.113. The number of carbonyl (C=O) groups is 2. The Morgan fingerprint density at radius 1 is 1.20 bits per heavy atom. The molecular weight excluding hydrogens is 487 g/mol. The van der Waals surface area contributed by atoms with E-state index in [4.69, 9.17) is 16.3 Å². The lowest BCUT2D eigenvalue weighted by molar-refractivity contribution is -0.139. The van der Waals surface area contributed by atoms with Gasteiger partial charge in [-0.25, -0.2) is 4.39 Å². The summed E-state index contributed by atoms with van der Waals surface area (Å²) >= 11 is 7.43.